The zero-order chi connectivity index (χ0) is 15.2. The van der Waals surface area contributed by atoms with E-state index in [-0.39, 0.29) is 11.8 Å². The molecule has 2 aromatic rings. The highest BCUT2D eigenvalue weighted by molar-refractivity contribution is 9.10. The van der Waals surface area contributed by atoms with Crippen LogP contribution in [0.2, 0.25) is 0 Å². The van der Waals surface area contributed by atoms with E-state index < -0.39 is 6.61 Å². The lowest BCUT2D eigenvalue weighted by Gasteiger charge is -2.15. The molecule has 0 aromatic heterocycles. The van der Waals surface area contributed by atoms with Crippen LogP contribution in [0.15, 0.2) is 53.0 Å². The molecule has 0 saturated heterocycles. The van der Waals surface area contributed by atoms with Gasteiger partial charge in [0, 0.05) is 17.1 Å². The summed E-state index contributed by atoms with van der Waals surface area (Å²) in [6, 6.07) is 14.9. The molecule has 0 aliphatic carbocycles. The Balaban J connectivity index is 1.92. The first-order chi connectivity index (χ1) is 10.0. The lowest BCUT2D eigenvalue weighted by Crippen LogP contribution is -2.18. The van der Waals surface area contributed by atoms with Gasteiger partial charge in [-0.15, -0.1) is 0 Å². The van der Waals surface area contributed by atoms with E-state index in [1.807, 2.05) is 25.1 Å². The van der Waals surface area contributed by atoms with E-state index in [0.717, 1.165) is 16.6 Å². The standard InChI is InChI=1S/C16H16BrF2NO/c1-11(20-10-12-3-2-4-14(17)9-12)13-5-7-15(8-6-13)21-16(18)19/h2-9,11,16,20H,10H2,1H3. The van der Waals surface area contributed by atoms with Crippen molar-refractivity contribution in [1.29, 1.82) is 0 Å². The number of halogens is 3. The van der Waals surface area contributed by atoms with E-state index in [1.54, 1.807) is 24.3 Å². The van der Waals surface area contributed by atoms with Crippen LogP contribution in [0.4, 0.5) is 8.78 Å². The highest BCUT2D eigenvalue weighted by Crippen LogP contribution is 2.20. The maximum atomic E-state index is 12.1. The average Bonchev–Trinajstić information content (AvgIpc) is 2.45. The maximum Gasteiger partial charge on any atom is 0.387 e. The van der Waals surface area contributed by atoms with E-state index >= 15 is 0 Å². The highest BCUT2D eigenvalue weighted by Gasteiger charge is 2.07. The molecule has 1 N–H and O–H groups in total. The van der Waals surface area contributed by atoms with E-state index in [4.69, 9.17) is 0 Å². The summed E-state index contributed by atoms with van der Waals surface area (Å²) in [4.78, 5) is 0. The number of rotatable bonds is 6. The van der Waals surface area contributed by atoms with Crippen molar-refractivity contribution in [3.05, 3.63) is 64.1 Å². The molecule has 0 radical (unpaired) electrons. The molecule has 0 saturated carbocycles. The quantitative estimate of drug-likeness (QED) is 0.795. The van der Waals surface area contributed by atoms with Gasteiger partial charge in [0.15, 0.2) is 0 Å². The Kier molecular flexibility index (Phi) is 5.70. The molecule has 0 amide bonds. The Morgan fingerprint density at radius 2 is 1.86 bits per heavy atom. The molecule has 0 aliphatic heterocycles. The minimum atomic E-state index is -2.79. The number of alkyl halides is 2. The SMILES string of the molecule is CC(NCc1cccc(Br)c1)c1ccc(OC(F)F)cc1. The highest BCUT2D eigenvalue weighted by atomic mass is 79.9. The summed E-state index contributed by atoms with van der Waals surface area (Å²) in [7, 11) is 0. The van der Waals surface area contributed by atoms with Gasteiger partial charge in [-0.25, -0.2) is 0 Å². The van der Waals surface area contributed by atoms with Crippen molar-refractivity contribution < 1.29 is 13.5 Å². The summed E-state index contributed by atoms with van der Waals surface area (Å²) < 4.78 is 29.5. The minimum absolute atomic E-state index is 0.115. The zero-order valence-electron chi connectivity index (χ0n) is 11.5. The Hall–Kier alpha value is -1.46. The average molecular weight is 356 g/mol. The van der Waals surface area contributed by atoms with Gasteiger partial charge in [-0.3, -0.25) is 0 Å². The topological polar surface area (TPSA) is 21.3 Å². The summed E-state index contributed by atoms with van der Waals surface area (Å²) >= 11 is 3.44. The molecule has 21 heavy (non-hydrogen) atoms. The number of benzene rings is 2. The molecule has 5 heteroatoms. The summed E-state index contributed by atoms with van der Waals surface area (Å²) in [6.07, 6.45) is 0. The molecule has 0 fully saturated rings. The number of ether oxygens (including phenoxy) is 1. The van der Waals surface area contributed by atoms with Crippen molar-refractivity contribution in [2.75, 3.05) is 0 Å². The summed E-state index contributed by atoms with van der Waals surface area (Å²) in [6.45, 7) is -0.0282. The fraction of sp³-hybridized carbons (Fsp3) is 0.250. The van der Waals surface area contributed by atoms with E-state index in [1.165, 1.54) is 5.56 Å². The van der Waals surface area contributed by atoms with E-state index in [9.17, 15) is 8.78 Å². The van der Waals surface area contributed by atoms with Gasteiger partial charge in [0.25, 0.3) is 0 Å². The van der Waals surface area contributed by atoms with Crippen LogP contribution in [0.5, 0.6) is 5.75 Å². The van der Waals surface area contributed by atoms with Gasteiger partial charge in [0.1, 0.15) is 5.75 Å². The van der Waals surface area contributed by atoms with Crippen LogP contribution in [-0.4, -0.2) is 6.61 Å². The third-order valence-corrected chi connectivity index (χ3v) is 3.60. The Morgan fingerprint density at radius 3 is 2.48 bits per heavy atom. The second-order valence-electron chi connectivity index (χ2n) is 4.68. The molecule has 0 spiro atoms. The molecule has 0 bridgehead atoms. The molecule has 0 heterocycles. The zero-order valence-corrected chi connectivity index (χ0v) is 13.1. The number of hydrogen-bond acceptors (Lipinski definition) is 2. The molecule has 2 aromatic carbocycles. The molecule has 2 rings (SSSR count). The maximum absolute atomic E-state index is 12.1. The fourth-order valence-corrected chi connectivity index (χ4v) is 2.42. The lowest BCUT2D eigenvalue weighted by molar-refractivity contribution is -0.0498. The second kappa shape index (κ2) is 7.52. The van der Waals surface area contributed by atoms with Crippen molar-refractivity contribution in [2.24, 2.45) is 0 Å². The molecular weight excluding hydrogens is 340 g/mol. The number of nitrogens with one attached hydrogen (secondary N) is 1. The molecule has 1 unspecified atom stereocenters. The first kappa shape index (κ1) is 15.9. The van der Waals surface area contributed by atoms with Crippen LogP contribution in [0.1, 0.15) is 24.1 Å². The largest absolute Gasteiger partial charge is 0.435 e. The van der Waals surface area contributed by atoms with Gasteiger partial charge in [-0.05, 0) is 42.3 Å². The fourth-order valence-electron chi connectivity index (χ4n) is 1.97. The van der Waals surface area contributed by atoms with Gasteiger partial charge in [-0.2, -0.15) is 8.78 Å². The summed E-state index contributed by atoms with van der Waals surface area (Å²) in [5.41, 5.74) is 2.19. The third kappa shape index (κ3) is 5.10. The van der Waals surface area contributed by atoms with Crippen LogP contribution in [0, 0.1) is 0 Å². The van der Waals surface area contributed by atoms with Gasteiger partial charge < -0.3 is 10.1 Å². The molecule has 112 valence electrons. The first-order valence-corrected chi connectivity index (χ1v) is 7.36. The van der Waals surface area contributed by atoms with Gasteiger partial charge in [0.2, 0.25) is 0 Å². The van der Waals surface area contributed by atoms with Gasteiger partial charge in [0.05, 0.1) is 0 Å². The monoisotopic (exact) mass is 355 g/mol. The predicted molar refractivity (Wildman–Crippen MR) is 82.5 cm³/mol. The smallest absolute Gasteiger partial charge is 0.387 e. The van der Waals surface area contributed by atoms with Crippen LogP contribution in [-0.2, 0) is 6.54 Å². The van der Waals surface area contributed by atoms with Crippen molar-refractivity contribution >= 4 is 15.9 Å². The van der Waals surface area contributed by atoms with E-state index in [2.05, 4.69) is 32.0 Å². The van der Waals surface area contributed by atoms with Gasteiger partial charge in [-0.1, -0.05) is 40.2 Å². The Morgan fingerprint density at radius 1 is 1.14 bits per heavy atom. The van der Waals surface area contributed by atoms with Crippen LogP contribution < -0.4 is 10.1 Å². The molecular formula is C16H16BrF2NO. The number of hydrogen-bond donors (Lipinski definition) is 1. The molecule has 2 nitrogen and oxygen atoms in total. The Bertz CT molecular complexity index is 575. The van der Waals surface area contributed by atoms with Crippen LogP contribution >= 0.6 is 15.9 Å². The third-order valence-electron chi connectivity index (χ3n) is 3.11. The second-order valence-corrected chi connectivity index (χ2v) is 5.60. The van der Waals surface area contributed by atoms with Gasteiger partial charge >= 0.3 is 6.61 Å². The van der Waals surface area contributed by atoms with Crippen molar-refractivity contribution in [2.45, 2.75) is 26.1 Å². The molecule has 1 atom stereocenters. The normalized spacial score (nSPS) is 12.4. The van der Waals surface area contributed by atoms with Crippen LogP contribution in [0.3, 0.4) is 0 Å². The Labute approximate surface area is 131 Å². The van der Waals surface area contributed by atoms with Crippen molar-refractivity contribution in [1.82, 2.24) is 5.32 Å². The van der Waals surface area contributed by atoms with Crippen molar-refractivity contribution in [3.63, 3.8) is 0 Å². The predicted octanol–water partition coefficient (Wildman–Crippen LogP) is 4.90. The minimum Gasteiger partial charge on any atom is -0.435 e. The molecule has 0 aliphatic rings. The lowest BCUT2D eigenvalue weighted by atomic mass is 10.1. The van der Waals surface area contributed by atoms with E-state index in [0.29, 0.717) is 0 Å². The summed E-state index contributed by atoms with van der Waals surface area (Å²) in [5.74, 6) is 0.174. The summed E-state index contributed by atoms with van der Waals surface area (Å²) in [5, 5.41) is 3.39. The van der Waals surface area contributed by atoms with Crippen molar-refractivity contribution in [3.8, 4) is 5.75 Å². The first-order valence-electron chi connectivity index (χ1n) is 6.57. The van der Waals surface area contributed by atoms with Crippen LogP contribution in [0.25, 0.3) is 0 Å².